The van der Waals surface area contributed by atoms with Gasteiger partial charge in [-0.15, -0.1) is 0 Å². The molecule has 1 aromatic heterocycles. The van der Waals surface area contributed by atoms with Crippen molar-refractivity contribution in [3.05, 3.63) is 29.6 Å². The van der Waals surface area contributed by atoms with E-state index in [0.29, 0.717) is 6.54 Å². The number of nitrogens with one attached hydrogen (secondary N) is 1. The number of rotatable bonds is 6. The lowest BCUT2D eigenvalue weighted by Crippen LogP contribution is -2.30. The molecule has 0 aromatic carbocycles. The standard InChI is InChI=1S/C13H19F3N2O/c1-3-6-17-8-5-12(2,19)11-9-18-7-4-10(11)13(14,15)16/h4,7,9,17,19H,3,5-6,8H2,1-2H3. The van der Waals surface area contributed by atoms with Gasteiger partial charge in [0.15, 0.2) is 0 Å². The normalized spacial score (nSPS) is 15.3. The fourth-order valence-electron chi connectivity index (χ4n) is 1.84. The lowest BCUT2D eigenvalue weighted by molar-refractivity contribution is -0.140. The highest BCUT2D eigenvalue weighted by Gasteiger charge is 2.38. The second-order valence-corrected chi connectivity index (χ2v) is 4.69. The van der Waals surface area contributed by atoms with Gasteiger partial charge in [-0.1, -0.05) is 6.92 Å². The van der Waals surface area contributed by atoms with Crippen LogP contribution in [0.15, 0.2) is 18.5 Å². The molecule has 0 amide bonds. The minimum absolute atomic E-state index is 0.180. The van der Waals surface area contributed by atoms with Crippen LogP contribution in [-0.4, -0.2) is 23.2 Å². The largest absolute Gasteiger partial charge is 0.416 e. The van der Waals surface area contributed by atoms with E-state index in [0.717, 1.165) is 31.4 Å². The molecular formula is C13H19F3N2O. The topological polar surface area (TPSA) is 45.1 Å². The first-order chi connectivity index (χ1) is 8.79. The average Bonchev–Trinajstić information content (AvgIpc) is 2.34. The van der Waals surface area contributed by atoms with E-state index < -0.39 is 17.3 Å². The van der Waals surface area contributed by atoms with Gasteiger partial charge >= 0.3 is 6.18 Å². The van der Waals surface area contributed by atoms with Crippen LogP contribution < -0.4 is 5.32 Å². The number of pyridine rings is 1. The average molecular weight is 276 g/mol. The monoisotopic (exact) mass is 276 g/mol. The fourth-order valence-corrected chi connectivity index (χ4v) is 1.84. The van der Waals surface area contributed by atoms with Crippen molar-refractivity contribution >= 4 is 0 Å². The zero-order valence-corrected chi connectivity index (χ0v) is 11.1. The highest BCUT2D eigenvalue weighted by atomic mass is 19.4. The maximum Gasteiger partial charge on any atom is 0.416 e. The van der Waals surface area contributed by atoms with E-state index in [1.165, 1.54) is 6.92 Å². The van der Waals surface area contributed by atoms with Crippen molar-refractivity contribution in [1.82, 2.24) is 10.3 Å². The van der Waals surface area contributed by atoms with Crippen molar-refractivity contribution in [2.75, 3.05) is 13.1 Å². The van der Waals surface area contributed by atoms with E-state index in [9.17, 15) is 18.3 Å². The molecule has 19 heavy (non-hydrogen) atoms. The van der Waals surface area contributed by atoms with Crippen molar-refractivity contribution in [3.63, 3.8) is 0 Å². The van der Waals surface area contributed by atoms with Crippen molar-refractivity contribution < 1.29 is 18.3 Å². The Morgan fingerprint density at radius 3 is 2.53 bits per heavy atom. The molecule has 2 N–H and O–H groups in total. The van der Waals surface area contributed by atoms with Crippen LogP contribution in [0.2, 0.25) is 0 Å². The molecule has 1 atom stereocenters. The minimum atomic E-state index is -4.49. The molecule has 1 rings (SSSR count). The van der Waals surface area contributed by atoms with Crippen LogP contribution in [0.5, 0.6) is 0 Å². The second kappa shape index (κ2) is 6.34. The van der Waals surface area contributed by atoms with E-state index in [1.807, 2.05) is 6.92 Å². The summed E-state index contributed by atoms with van der Waals surface area (Å²) in [5.41, 5.74) is -2.57. The van der Waals surface area contributed by atoms with Crippen LogP contribution in [-0.2, 0) is 11.8 Å². The summed E-state index contributed by atoms with van der Waals surface area (Å²) in [6, 6.07) is 0.892. The molecule has 0 saturated carbocycles. The minimum Gasteiger partial charge on any atom is -0.385 e. The van der Waals surface area contributed by atoms with E-state index in [2.05, 4.69) is 10.3 Å². The summed E-state index contributed by atoms with van der Waals surface area (Å²) in [6.45, 7) is 4.60. The van der Waals surface area contributed by atoms with Gasteiger partial charge in [-0.3, -0.25) is 4.98 Å². The van der Waals surface area contributed by atoms with Gasteiger partial charge in [0.1, 0.15) is 0 Å². The summed E-state index contributed by atoms with van der Waals surface area (Å²) in [5.74, 6) is 0. The maximum atomic E-state index is 12.9. The first-order valence-electron chi connectivity index (χ1n) is 6.24. The Labute approximate surface area is 110 Å². The summed E-state index contributed by atoms with van der Waals surface area (Å²) < 4.78 is 38.6. The van der Waals surface area contributed by atoms with Crippen molar-refractivity contribution in [2.24, 2.45) is 0 Å². The summed E-state index contributed by atoms with van der Waals surface area (Å²) in [5, 5.41) is 13.3. The molecule has 0 spiro atoms. The fraction of sp³-hybridized carbons (Fsp3) is 0.615. The van der Waals surface area contributed by atoms with Gasteiger partial charge in [0, 0.05) is 18.0 Å². The zero-order chi connectivity index (χ0) is 14.5. The van der Waals surface area contributed by atoms with Crippen LogP contribution in [0.25, 0.3) is 0 Å². The van der Waals surface area contributed by atoms with E-state index in [-0.39, 0.29) is 12.0 Å². The lowest BCUT2D eigenvalue weighted by atomic mass is 9.90. The van der Waals surface area contributed by atoms with Gasteiger partial charge in [0.25, 0.3) is 0 Å². The summed E-state index contributed by atoms with van der Waals surface area (Å²) in [4.78, 5) is 3.69. The second-order valence-electron chi connectivity index (χ2n) is 4.69. The molecular weight excluding hydrogens is 257 g/mol. The van der Waals surface area contributed by atoms with Crippen molar-refractivity contribution in [2.45, 2.75) is 38.5 Å². The number of hydrogen-bond donors (Lipinski definition) is 2. The van der Waals surface area contributed by atoms with E-state index >= 15 is 0 Å². The number of aromatic nitrogens is 1. The van der Waals surface area contributed by atoms with Crippen LogP contribution in [0.3, 0.4) is 0 Å². The lowest BCUT2D eigenvalue weighted by Gasteiger charge is -2.26. The Balaban J connectivity index is 2.88. The number of alkyl halides is 3. The highest BCUT2D eigenvalue weighted by molar-refractivity contribution is 5.31. The Morgan fingerprint density at radius 2 is 1.95 bits per heavy atom. The predicted octanol–water partition coefficient (Wildman–Crippen LogP) is 2.70. The zero-order valence-electron chi connectivity index (χ0n) is 11.1. The van der Waals surface area contributed by atoms with Gasteiger partial charge in [-0.2, -0.15) is 13.2 Å². The highest BCUT2D eigenvalue weighted by Crippen LogP contribution is 2.37. The quantitative estimate of drug-likeness (QED) is 0.785. The number of aliphatic hydroxyl groups is 1. The number of nitrogens with zero attached hydrogens (tertiary/aromatic N) is 1. The van der Waals surface area contributed by atoms with Crippen molar-refractivity contribution in [3.8, 4) is 0 Å². The number of halogens is 3. The Morgan fingerprint density at radius 1 is 1.26 bits per heavy atom. The number of hydrogen-bond acceptors (Lipinski definition) is 3. The first kappa shape index (κ1) is 15.9. The molecule has 0 fully saturated rings. The van der Waals surface area contributed by atoms with Gasteiger partial charge < -0.3 is 10.4 Å². The molecule has 0 aliphatic heterocycles. The molecule has 108 valence electrons. The molecule has 0 radical (unpaired) electrons. The van der Waals surface area contributed by atoms with Gasteiger partial charge in [0.05, 0.1) is 11.2 Å². The molecule has 3 nitrogen and oxygen atoms in total. The molecule has 1 aromatic rings. The van der Waals surface area contributed by atoms with Crippen molar-refractivity contribution in [1.29, 1.82) is 0 Å². The molecule has 1 unspecified atom stereocenters. The smallest absolute Gasteiger partial charge is 0.385 e. The third-order valence-electron chi connectivity index (χ3n) is 2.92. The van der Waals surface area contributed by atoms with E-state index in [1.54, 1.807) is 0 Å². The van der Waals surface area contributed by atoms with Crippen LogP contribution in [0, 0.1) is 0 Å². The summed E-state index contributed by atoms with van der Waals surface area (Å²) in [6.07, 6.45) is -1.19. The Hall–Kier alpha value is -1.14. The molecule has 1 heterocycles. The molecule has 0 saturated heterocycles. The molecule has 0 bridgehead atoms. The first-order valence-corrected chi connectivity index (χ1v) is 6.24. The third-order valence-corrected chi connectivity index (χ3v) is 2.92. The SMILES string of the molecule is CCCNCCC(C)(O)c1cnccc1C(F)(F)F. The molecule has 0 aliphatic carbocycles. The summed E-state index contributed by atoms with van der Waals surface area (Å²) >= 11 is 0. The Kier molecular flexibility index (Phi) is 5.31. The Bertz CT molecular complexity index is 405. The van der Waals surface area contributed by atoms with Crippen LogP contribution in [0.1, 0.15) is 37.8 Å². The third kappa shape index (κ3) is 4.47. The van der Waals surface area contributed by atoms with Gasteiger partial charge in [0.2, 0.25) is 0 Å². The van der Waals surface area contributed by atoms with Gasteiger partial charge in [-0.05, 0) is 38.9 Å². The maximum absolute atomic E-state index is 12.9. The molecule has 0 aliphatic rings. The van der Waals surface area contributed by atoms with E-state index in [4.69, 9.17) is 0 Å². The van der Waals surface area contributed by atoms with Crippen LogP contribution in [0.4, 0.5) is 13.2 Å². The molecule has 6 heteroatoms. The van der Waals surface area contributed by atoms with Gasteiger partial charge in [-0.25, -0.2) is 0 Å². The van der Waals surface area contributed by atoms with Crippen LogP contribution >= 0.6 is 0 Å². The predicted molar refractivity (Wildman–Crippen MR) is 66.6 cm³/mol. The summed E-state index contributed by atoms with van der Waals surface area (Å²) in [7, 11) is 0.